The van der Waals surface area contributed by atoms with Gasteiger partial charge in [-0.15, -0.1) is 0 Å². The van der Waals surface area contributed by atoms with Gasteiger partial charge in [-0.3, -0.25) is 9.52 Å². The van der Waals surface area contributed by atoms with E-state index in [9.17, 15) is 13.2 Å². The zero-order valence-electron chi connectivity index (χ0n) is 19.1. The van der Waals surface area contributed by atoms with Crippen molar-refractivity contribution in [3.05, 3.63) is 101 Å². The van der Waals surface area contributed by atoms with Gasteiger partial charge in [0.1, 0.15) is 0 Å². The molecule has 0 aliphatic carbocycles. The van der Waals surface area contributed by atoms with Crippen LogP contribution in [-0.2, 0) is 14.8 Å². The van der Waals surface area contributed by atoms with Gasteiger partial charge in [0.15, 0.2) is 0 Å². The van der Waals surface area contributed by atoms with Crippen LogP contribution in [0.4, 0.5) is 11.4 Å². The number of anilines is 2. The van der Waals surface area contributed by atoms with E-state index in [2.05, 4.69) is 21.6 Å². The standard InChI is InChI=1S/C25H24Cl2N4O3S/c1-17(4-11-23(27)19(3)26)14-25(32)29-24-15-22(10-5-18(24)2)35(33,34)30-20-6-8-21(9-7-20)31-13-12-28-16-31/h4-13,15-16,30H,3,14H2,1-2H3,(H,29,32)/b17-4+,23-11+. The molecule has 2 aromatic carbocycles. The smallest absolute Gasteiger partial charge is 0.261 e. The van der Waals surface area contributed by atoms with Crippen molar-refractivity contribution in [2.24, 2.45) is 0 Å². The molecule has 7 nitrogen and oxygen atoms in total. The minimum absolute atomic E-state index is 0.0275. The lowest BCUT2D eigenvalue weighted by Crippen LogP contribution is -2.16. The molecule has 0 unspecified atom stereocenters. The number of nitrogens with zero attached hydrogens (tertiary/aromatic N) is 2. The van der Waals surface area contributed by atoms with Crippen molar-refractivity contribution < 1.29 is 13.2 Å². The largest absolute Gasteiger partial charge is 0.326 e. The van der Waals surface area contributed by atoms with Crippen LogP contribution in [0.15, 0.2) is 100 Å². The Morgan fingerprint density at radius 3 is 2.49 bits per heavy atom. The number of carbonyl (C=O) groups excluding carboxylic acids is 1. The summed E-state index contributed by atoms with van der Waals surface area (Å²) in [7, 11) is -3.88. The van der Waals surface area contributed by atoms with Gasteiger partial charge in [0, 0.05) is 35.9 Å². The van der Waals surface area contributed by atoms with Gasteiger partial charge < -0.3 is 9.88 Å². The molecule has 3 aromatic rings. The van der Waals surface area contributed by atoms with Gasteiger partial charge in [0.25, 0.3) is 10.0 Å². The highest BCUT2D eigenvalue weighted by atomic mass is 35.5. The van der Waals surface area contributed by atoms with Crippen LogP contribution >= 0.6 is 23.2 Å². The first kappa shape index (κ1) is 26.3. The van der Waals surface area contributed by atoms with Gasteiger partial charge in [0.2, 0.25) is 5.91 Å². The van der Waals surface area contributed by atoms with E-state index in [-0.39, 0.29) is 27.3 Å². The van der Waals surface area contributed by atoms with Crippen molar-refractivity contribution in [1.82, 2.24) is 9.55 Å². The van der Waals surface area contributed by atoms with Crippen LogP contribution < -0.4 is 10.0 Å². The number of sulfonamides is 1. The molecule has 0 atom stereocenters. The summed E-state index contributed by atoms with van der Waals surface area (Å²) in [5.74, 6) is -0.298. The van der Waals surface area contributed by atoms with E-state index >= 15 is 0 Å². The highest BCUT2D eigenvalue weighted by molar-refractivity contribution is 7.92. The fourth-order valence-electron chi connectivity index (χ4n) is 3.04. The highest BCUT2D eigenvalue weighted by Gasteiger charge is 2.17. The molecule has 0 aliphatic heterocycles. The summed E-state index contributed by atoms with van der Waals surface area (Å²) in [6, 6.07) is 11.5. The molecule has 35 heavy (non-hydrogen) atoms. The molecule has 0 spiro atoms. The van der Waals surface area contributed by atoms with Gasteiger partial charge in [-0.1, -0.05) is 47.5 Å². The zero-order valence-corrected chi connectivity index (χ0v) is 21.5. The number of aromatic nitrogens is 2. The molecule has 182 valence electrons. The Kier molecular flexibility index (Phi) is 8.56. The van der Waals surface area contributed by atoms with E-state index in [1.54, 1.807) is 75.1 Å². The molecule has 1 aromatic heterocycles. The maximum atomic E-state index is 13.0. The van der Waals surface area contributed by atoms with Crippen molar-refractivity contribution >= 4 is 50.5 Å². The summed E-state index contributed by atoms with van der Waals surface area (Å²) < 4.78 is 30.3. The van der Waals surface area contributed by atoms with Crippen molar-refractivity contribution in [3.63, 3.8) is 0 Å². The minimum atomic E-state index is -3.88. The average Bonchev–Trinajstić information content (AvgIpc) is 3.34. The lowest BCUT2D eigenvalue weighted by atomic mass is 10.1. The Balaban J connectivity index is 1.72. The maximum Gasteiger partial charge on any atom is 0.261 e. The first-order valence-electron chi connectivity index (χ1n) is 10.4. The topological polar surface area (TPSA) is 93.1 Å². The first-order valence-corrected chi connectivity index (χ1v) is 12.7. The number of amides is 1. The summed E-state index contributed by atoms with van der Waals surface area (Å²) >= 11 is 11.6. The molecule has 0 fully saturated rings. The summed E-state index contributed by atoms with van der Waals surface area (Å²) in [5, 5.41) is 3.26. The summed E-state index contributed by atoms with van der Waals surface area (Å²) in [4.78, 5) is 16.5. The normalized spacial score (nSPS) is 12.3. The summed E-state index contributed by atoms with van der Waals surface area (Å²) in [5.41, 5.74) is 3.13. The van der Waals surface area contributed by atoms with Crippen LogP contribution in [0.2, 0.25) is 0 Å². The monoisotopic (exact) mass is 530 g/mol. The van der Waals surface area contributed by atoms with Crippen LogP contribution in [0, 0.1) is 6.92 Å². The molecule has 0 saturated carbocycles. The predicted octanol–water partition coefficient (Wildman–Crippen LogP) is 6.13. The Morgan fingerprint density at radius 1 is 1.14 bits per heavy atom. The molecule has 0 saturated heterocycles. The number of rotatable bonds is 9. The van der Waals surface area contributed by atoms with Crippen LogP contribution in [0.3, 0.4) is 0 Å². The number of imidazole rings is 1. The fraction of sp³-hybridized carbons (Fsp3) is 0.120. The summed E-state index contributed by atoms with van der Waals surface area (Å²) in [6.07, 6.45) is 8.43. The third-order valence-electron chi connectivity index (χ3n) is 4.93. The molecule has 10 heteroatoms. The van der Waals surface area contributed by atoms with Crippen molar-refractivity contribution in [3.8, 4) is 5.69 Å². The molecule has 0 aliphatic rings. The second-order valence-corrected chi connectivity index (χ2v) is 10.3. The average molecular weight is 531 g/mol. The predicted molar refractivity (Wildman–Crippen MR) is 141 cm³/mol. The number of halogens is 2. The number of allylic oxidation sites excluding steroid dienone is 4. The van der Waals surface area contributed by atoms with Crippen LogP contribution in [-0.4, -0.2) is 23.9 Å². The second-order valence-electron chi connectivity index (χ2n) is 7.76. The lowest BCUT2D eigenvalue weighted by Gasteiger charge is -2.13. The van der Waals surface area contributed by atoms with Crippen LogP contribution in [0.5, 0.6) is 0 Å². The zero-order chi connectivity index (χ0) is 25.6. The van der Waals surface area contributed by atoms with Gasteiger partial charge in [-0.25, -0.2) is 13.4 Å². The van der Waals surface area contributed by atoms with E-state index < -0.39 is 10.0 Å². The molecule has 3 rings (SSSR count). The summed E-state index contributed by atoms with van der Waals surface area (Å²) in [6.45, 7) is 7.08. The van der Waals surface area contributed by atoms with Crippen LogP contribution in [0.1, 0.15) is 18.9 Å². The Bertz CT molecular complexity index is 1390. The van der Waals surface area contributed by atoms with Crippen molar-refractivity contribution in [2.45, 2.75) is 25.2 Å². The number of benzene rings is 2. The van der Waals surface area contributed by atoms with Gasteiger partial charge in [0.05, 0.1) is 21.3 Å². The lowest BCUT2D eigenvalue weighted by molar-refractivity contribution is -0.115. The Labute approximate surface area is 214 Å². The van der Waals surface area contributed by atoms with Crippen molar-refractivity contribution in [1.29, 1.82) is 0 Å². The maximum absolute atomic E-state index is 13.0. The third-order valence-corrected chi connectivity index (χ3v) is 6.96. The highest BCUT2D eigenvalue weighted by Crippen LogP contribution is 2.24. The van der Waals surface area contributed by atoms with Gasteiger partial charge in [-0.05, 0) is 61.9 Å². The Hall–Kier alpha value is -3.33. The minimum Gasteiger partial charge on any atom is -0.326 e. The number of aryl methyl sites for hydroxylation is 1. The number of hydrogen-bond donors (Lipinski definition) is 2. The van der Waals surface area contributed by atoms with Gasteiger partial charge >= 0.3 is 0 Å². The molecule has 0 radical (unpaired) electrons. The molecule has 1 heterocycles. The number of hydrogen-bond acceptors (Lipinski definition) is 4. The second kappa shape index (κ2) is 11.4. The van der Waals surface area contributed by atoms with E-state index in [1.165, 1.54) is 12.1 Å². The van der Waals surface area contributed by atoms with E-state index in [0.717, 1.165) is 16.8 Å². The first-order chi connectivity index (χ1) is 16.5. The quantitative estimate of drug-likeness (QED) is 0.325. The van der Waals surface area contributed by atoms with Gasteiger partial charge in [-0.2, -0.15) is 0 Å². The fourth-order valence-corrected chi connectivity index (χ4v) is 4.25. The van der Waals surface area contributed by atoms with E-state index in [4.69, 9.17) is 23.2 Å². The van der Waals surface area contributed by atoms with Crippen LogP contribution in [0.25, 0.3) is 5.69 Å². The van der Waals surface area contributed by atoms with E-state index in [0.29, 0.717) is 11.4 Å². The number of carbonyl (C=O) groups is 1. The molecule has 1 amide bonds. The molecular weight excluding hydrogens is 507 g/mol. The number of nitrogens with one attached hydrogen (secondary N) is 2. The molecule has 2 N–H and O–H groups in total. The van der Waals surface area contributed by atoms with Crippen molar-refractivity contribution in [2.75, 3.05) is 10.0 Å². The SMILES string of the molecule is C=C(Cl)/C(Cl)=C\C=C(/C)CC(=O)Nc1cc(S(=O)(=O)Nc2ccc(-n3ccnc3)cc2)ccc1C. The Morgan fingerprint density at radius 2 is 1.86 bits per heavy atom. The third kappa shape index (κ3) is 7.32. The molecule has 0 bridgehead atoms. The molecular formula is C25H24Cl2N4O3S. The van der Waals surface area contributed by atoms with E-state index in [1.807, 2.05) is 4.57 Å².